The van der Waals surface area contributed by atoms with Crippen LogP contribution in [0.15, 0.2) is 18.2 Å². The van der Waals surface area contributed by atoms with Crippen LogP contribution >= 0.6 is 0 Å². The predicted molar refractivity (Wildman–Crippen MR) is 95.2 cm³/mol. The Bertz CT molecular complexity index is 729. The molecule has 6 heteroatoms. The third kappa shape index (κ3) is 3.52. The van der Waals surface area contributed by atoms with Crippen LogP contribution in [0.1, 0.15) is 44.7 Å². The SMILES string of the molecule is CC(C)C[C@]1(C)NC(=O)N(CC(=O)Nc2ccc3c(c2)CCC3)C1=O. The summed E-state index contributed by atoms with van der Waals surface area (Å²) in [5.74, 6) is -0.444. The molecule has 2 aliphatic rings. The number of fused-ring (bicyclic) bond motifs is 1. The summed E-state index contributed by atoms with van der Waals surface area (Å²) in [5, 5.41) is 5.52. The molecule has 4 amide bonds. The van der Waals surface area contributed by atoms with E-state index in [4.69, 9.17) is 0 Å². The van der Waals surface area contributed by atoms with Gasteiger partial charge in [-0.15, -0.1) is 0 Å². The Morgan fingerprint density at radius 3 is 2.72 bits per heavy atom. The second kappa shape index (κ2) is 6.50. The van der Waals surface area contributed by atoms with Gasteiger partial charge in [-0.05, 0) is 61.8 Å². The van der Waals surface area contributed by atoms with Gasteiger partial charge in [0.05, 0.1) is 0 Å². The molecule has 0 radical (unpaired) electrons. The van der Waals surface area contributed by atoms with E-state index in [0.29, 0.717) is 12.1 Å². The highest BCUT2D eigenvalue weighted by atomic mass is 16.2. The molecule has 1 fully saturated rings. The number of carbonyl (C=O) groups is 3. The fourth-order valence-corrected chi connectivity index (χ4v) is 3.84. The summed E-state index contributed by atoms with van der Waals surface area (Å²) >= 11 is 0. The summed E-state index contributed by atoms with van der Waals surface area (Å²) in [5.41, 5.74) is 2.37. The predicted octanol–water partition coefficient (Wildman–Crippen LogP) is 2.47. The molecule has 134 valence electrons. The van der Waals surface area contributed by atoms with E-state index in [1.165, 1.54) is 11.1 Å². The topological polar surface area (TPSA) is 78.5 Å². The molecule has 0 aromatic heterocycles. The minimum absolute atomic E-state index is 0.259. The number of aryl methyl sites for hydroxylation is 2. The number of carbonyl (C=O) groups excluding carboxylic acids is 3. The lowest BCUT2D eigenvalue weighted by molar-refractivity contribution is -0.133. The Kier molecular flexibility index (Phi) is 4.54. The van der Waals surface area contributed by atoms with Gasteiger partial charge in [0.25, 0.3) is 5.91 Å². The smallest absolute Gasteiger partial charge is 0.325 e. The van der Waals surface area contributed by atoms with E-state index in [-0.39, 0.29) is 24.3 Å². The number of rotatable bonds is 5. The molecule has 0 spiro atoms. The van der Waals surface area contributed by atoms with Crippen LogP contribution in [0.4, 0.5) is 10.5 Å². The van der Waals surface area contributed by atoms with Crippen molar-refractivity contribution in [3.8, 4) is 0 Å². The number of imide groups is 1. The zero-order chi connectivity index (χ0) is 18.2. The first-order chi connectivity index (χ1) is 11.8. The Morgan fingerprint density at radius 2 is 2.00 bits per heavy atom. The number of nitrogens with zero attached hydrogens (tertiary/aromatic N) is 1. The second-order valence-corrected chi connectivity index (χ2v) is 7.64. The van der Waals surface area contributed by atoms with Gasteiger partial charge in [-0.25, -0.2) is 4.79 Å². The van der Waals surface area contributed by atoms with Gasteiger partial charge in [-0.1, -0.05) is 19.9 Å². The van der Waals surface area contributed by atoms with Crippen LogP contribution < -0.4 is 10.6 Å². The molecule has 1 aromatic carbocycles. The van der Waals surface area contributed by atoms with Gasteiger partial charge in [-0.2, -0.15) is 0 Å². The Hall–Kier alpha value is -2.37. The van der Waals surface area contributed by atoms with Crippen LogP contribution in [0.3, 0.4) is 0 Å². The van der Waals surface area contributed by atoms with Gasteiger partial charge in [0, 0.05) is 5.69 Å². The Balaban J connectivity index is 1.64. The maximum atomic E-state index is 12.6. The molecule has 1 aromatic rings. The summed E-state index contributed by atoms with van der Waals surface area (Å²) < 4.78 is 0. The Morgan fingerprint density at radius 1 is 1.28 bits per heavy atom. The van der Waals surface area contributed by atoms with E-state index >= 15 is 0 Å². The molecule has 1 heterocycles. The van der Waals surface area contributed by atoms with Crippen LogP contribution in [0, 0.1) is 5.92 Å². The highest BCUT2D eigenvalue weighted by Gasteiger charge is 2.48. The molecule has 2 N–H and O–H groups in total. The number of hydrogen-bond acceptors (Lipinski definition) is 3. The second-order valence-electron chi connectivity index (χ2n) is 7.64. The van der Waals surface area contributed by atoms with Gasteiger partial charge >= 0.3 is 6.03 Å². The highest BCUT2D eigenvalue weighted by Crippen LogP contribution is 2.26. The van der Waals surface area contributed by atoms with E-state index in [1.54, 1.807) is 6.92 Å². The van der Waals surface area contributed by atoms with Gasteiger partial charge in [0.2, 0.25) is 5.91 Å². The lowest BCUT2D eigenvalue weighted by Crippen LogP contribution is -2.45. The number of hydrogen-bond donors (Lipinski definition) is 2. The molecule has 3 rings (SSSR count). The first-order valence-corrected chi connectivity index (χ1v) is 8.84. The quantitative estimate of drug-likeness (QED) is 0.806. The van der Waals surface area contributed by atoms with E-state index in [0.717, 1.165) is 24.2 Å². The number of urea groups is 1. The van der Waals surface area contributed by atoms with Crippen molar-refractivity contribution in [1.29, 1.82) is 0 Å². The van der Waals surface area contributed by atoms with Crippen LogP contribution in [0.5, 0.6) is 0 Å². The largest absolute Gasteiger partial charge is 0.325 e. The van der Waals surface area contributed by atoms with E-state index in [9.17, 15) is 14.4 Å². The van der Waals surface area contributed by atoms with Crippen molar-refractivity contribution in [2.75, 3.05) is 11.9 Å². The summed E-state index contributed by atoms with van der Waals surface area (Å²) in [7, 11) is 0. The molecule has 1 atom stereocenters. The zero-order valence-corrected chi connectivity index (χ0v) is 15.0. The minimum Gasteiger partial charge on any atom is -0.325 e. The highest BCUT2D eigenvalue weighted by molar-refractivity contribution is 6.09. The fraction of sp³-hybridized carbons (Fsp3) is 0.526. The minimum atomic E-state index is -0.931. The average molecular weight is 343 g/mol. The Labute approximate surface area is 148 Å². The third-order valence-electron chi connectivity index (χ3n) is 4.85. The van der Waals surface area contributed by atoms with Gasteiger partial charge in [-0.3, -0.25) is 14.5 Å². The number of nitrogens with one attached hydrogen (secondary N) is 2. The molecule has 25 heavy (non-hydrogen) atoms. The van der Waals surface area contributed by atoms with Gasteiger partial charge in [0.1, 0.15) is 12.1 Å². The van der Waals surface area contributed by atoms with Crippen molar-refractivity contribution in [3.63, 3.8) is 0 Å². The number of anilines is 1. The summed E-state index contributed by atoms with van der Waals surface area (Å²) in [6.45, 7) is 5.43. The maximum absolute atomic E-state index is 12.6. The number of benzene rings is 1. The van der Waals surface area contributed by atoms with Crippen molar-refractivity contribution in [2.45, 2.75) is 52.0 Å². The average Bonchev–Trinajstić information content (AvgIpc) is 3.05. The molecule has 0 unspecified atom stereocenters. The van der Waals surface area contributed by atoms with E-state index in [2.05, 4.69) is 10.6 Å². The third-order valence-corrected chi connectivity index (χ3v) is 4.85. The molecular weight excluding hydrogens is 318 g/mol. The summed E-state index contributed by atoms with van der Waals surface area (Å²) in [4.78, 5) is 38.0. The van der Waals surface area contributed by atoms with Crippen LogP contribution in [-0.2, 0) is 22.4 Å². The molecular formula is C19H25N3O3. The molecule has 6 nitrogen and oxygen atoms in total. The van der Waals surface area contributed by atoms with Gasteiger partial charge < -0.3 is 10.6 Å². The lowest BCUT2D eigenvalue weighted by Gasteiger charge is -2.23. The van der Waals surface area contributed by atoms with Crippen molar-refractivity contribution in [1.82, 2.24) is 10.2 Å². The summed E-state index contributed by atoms with van der Waals surface area (Å²) in [6, 6.07) is 5.38. The van der Waals surface area contributed by atoms with E-state index < -0.39 is 11.6 Å². The fourth-order valence-electron chi connectivity index (χ4n) is 3.84. The lowest BCUT2D eigenvalue weighted by atomic mass is 9.91. The first kappa shape index (κ1) is 17.5. The summed E-state index contributed by atoms with van der Waals surface area (Å²) in [6.07, 6.45) is 3.80. The zero-order valence-electron chi connectivity index (χ0n) is 15.0. The normalized spacial score (nSPS) is 22.3. The molecule has 0 saturated carbocycles. The monoisotopic (exact) mass is 343 g/mol. The van der Waals surface area contributed by atoms with Crippen molar-refractivity contribution >= 4 is 23.5 Å². The molecule has 0 bridgehead atoms. The molecule has 1 aliphatic heterocycles. The van der Waals surface area contributed by atoms with Gasteiger partial charge in [0.15, 0.2) is 0 Å². The standard InChI is InChI=1S/C19H25N3O3/c1-12(2)10-19(3)17(24)22(18(25)21-19)11-16(23)20-15-8-7-13-5-4-6-14(13)9-15/h7-9,12H,4-6,10-11H2,1-3H3,(H,20,23)(H,21,25)/t19-/m0/s1. The van der Waals surface area contributed by atoms with Crippen LogP contribution in [0.25, 0.3) is 0 Å². The molecule has 1 saturated heterocycles. The molecule has 1 aliphatic carbocycles. The maximum Gasteiger partial charge on any atom is 0.325 e. The van der Waals surface area contributed by atoms with Crippen molar-refractivity contribution in [3.05, 3.63) is 29.3 Å². The number of amides is 4. The van der Waals surface area contributed by atoms with Crippen molar-refractivity contribution < 1.29 is 14.4 Å². The van der Waals surface area contributed by atoms with Crippen LogP contribution in [-0.4, -0.2) is 34.8 Å². The van der Waals surface area contributed by atoms with Crippen molar-refractivity contribution in [2.24, 2.45) is 5.92 Å². The van der Waals surface area contributed by atoms with E-state index in [1.807, 2.05) is 32.0 Å². The first-order valence-electron chi connectivity index (χ1n) is 8.84. The van der Waals surface area contributed by atoms with Crippen LogP contribution in [0.2, 0.25) is 0 Å².